The van der Waals surface area contributed by atoms with E-state index in [2.05, 4.69) is 29.4 Å². The van der Waals surface area contributed by atoms with Gasteiger partial charge in [-0.25, -0.2) is 4.98 Å². The van der Waals surface area contributed by atoms with Crippen LogP contribution in [0.4, 0.5) is 0 Å². The van der Waals surface area contributed by atoms with E-state index in [0.29, 0.717) is 22.9 Å². The Labute approximate surface area is 161 Å². The van der Waals surface area contributed by atoms with Gasteiger partial charge in [-0.15, -0.1) is 11.3 Å². The van der Waals surface area contributed by atoms with E-state index in [4.69, 9.17) is 16.3 Å². The molecule has 134 valence electrons. The Hall–Kier alpha value is -2.37. The van der Waals surface area contributed by atoms with Crippen LogP contribution < -0.4 is 10.1 Å². The summed E-state index contributed by atoms with van der Waals surface area (Å²) < 4.78 is 5.24. The Kier molecular flexibility index (Phi) is 5.59. The van der Waals surface area contributed by atoms with E-state index in [1.165, 1.54) is 12.7 Å². The highest BCUT2D eigenvalue weighted by Crippen LogP contribution is 2.30. The van der Waals surface area contributed by atoms with Crippen molar-refractivity contribution >= 4 is 28.8 Å². The maximum Gasteiger partial charge on any atom is 0.255 e. The number of rotatable bonds is 5. The number of methoxy groups -OCH3 is 1. The molecule has 0 saturated carbocycles. The molecule has 0 atom stereocenters. The largest absolute Gasteiger partial charge is 0.496 e. The molecule has 3 rings (SSSR count). The summed E-state index contributed by atoms with van der Waals surface area (Å²) in [7, 11) is 1.53. The van der Waals surface area contributed by atoms with Crippen LogP contribution in [-0.4, -0.2) is 18.0 Å². The maximum atomic E-state index is 12.5. The van der Waals surface area contributed by atoms with Crippen LogP contribution in [0.1, 0.15) is 26.5 Å². The molecule has 1 N–H and O–H groups in total. The molecule has 2 aromatic carbocycles. The molecule has 3 aromatic rings. The van der Waals surface area contributed by atoms with Crippen LogP contribution >= 0.6 is 22.9 Å². The predicted octanol–water partition coefficient (Wildman–Crippen LogP) is 5.02. The van der Waals surface area contributed by atoms with Crippen molar-refractivity contribution in [1.82, 2.24) is 10.3 Å². The zero-order valence-corrected chi connectivity index (χ0v) is 16.4. The van der Waals surface area contributed by atoms with Gasteiger partial charge >= 0.3 is 0 Å². The smallest absolute Gasteiger partial charge is 0.255 e. The number of hydrogen-bond acceptors (Lipinski definition) is 4. The van der Waals surface area contributed by atoms with Gasteiger partial charge in [0.2, 0.25) is 0 Å². The second-order valence-corrected chi connectivity index (χ2v) is 7.39. The van der Waals surface area contributed by atoms with Crippen molar-refractivity contribution in [3.05, 3.63) is 69.2 Å². The van der Waals surface area contributed by atoms with Gasteiger partial charge in [-0.05, 0) is 37.6 Å². The molecule has 0 aliphatic carbocycles. The number of aryl methyl sites for hydroxylation is 2. The number of nitrogens with one attached hydrogen (secondary N) is 1. The van der Waals surface area contributed by atoms with Gasteiger partial charge < -0.3 is 10.1 Å². The molecule has 0 aliphatic rings. The molecule has 0 radical (unpaired) electrons. The Morgan fingerprint density at radius 3 is 2.73 bits per heavy atom. The second kappa shape index (κ2) is 7.89. The molecule has 0 aliphatic heterocycles. The molecule has 26 heavy (non-hydrogen) atoms. The lowest BCUT2D eigenvalue weighted by molar-refractivity contribution is 0.0948. The Bertz CT molecular complexity index is 953. The van der Waals surface area contributed by atoms with Crippen LogP contribution in [0.5, 0.6) is 5.75 Å². The molecule has 6 heteroatoms. The average Bonchev–Trinajstić information content (AvgIpc) is 3.00. The second-order valence-electron chi connectivity index (χ2n) is 5.87. The number of carbonyl (C=O) groups is 1. The number of thiazole rings is 1. The third-order valence-corrected chi connectivity index (χ3v) is 5.51. The van der Waals surface area contributed by atoms with Crippen molar-refractivity contribution in [3.63, 3.8) is 0 Å². The van der Waals surface area contributed by atoms with E-state index in [0.717, 1.165) is 21.1 Å². The van der Waals surface area contributed by atoms with Gasteiger partial charge in [0, 0.05) is 15.5 Å². The molecular weight excluding hydrogens is 368 g/mol. The number of halogens is 1. The number of carbonyl (C=O) groups excluding carboxylic acids is 1. The molecule has 0 fully saturated rings. The van der Waals surface area contributed by atoms with Crippen LogP contribution in [0.25, 0.3) is 10.6 Å². The van der Waals surface area contributed by atoms with Gasteiger partial charge in [0.1, 0.15) is 10.8 Å². The molecule has 0 unspecified atom stereocenters. The van der Waals surface area contributed by atoms with Crippen molar-refractivity contribution in [2.24, 2.45) is 0 Å². The van der Waals surface area contributed by atoms with Crippen LogP contribution in [0, 0.1) is 13.8 Å². The first-order valence-electron chi connectivity index (χ1n) is 8.13. The van der Waals surface area contributed by atoms with Gasteiger partial charge in [-0.2, -0.15) is 0 Å². The van der Waals surface area contributed by atoms with Crippen molar-refractivity contribution in [1.29, 1.82) is 0 Å². The van der Waals surface area contributed by atoms with Crippen LogP contribution in [0.15, 0.2) is 42.5 Å². The maximum absolute atomic E-state index is 12.5. The summed E-state index contributed by atoms with van der Waals surface area (Å²) in [5.74, 6) is 0.267. The standard InChI is InChI=1S/C20H19ClN2O2S/c1-12-6-4-5-7-15(12)20-23-13(2)18(26-20)11-22-19(24)16-10-14(21)8-9-17(16)25-3/h4-10H,11H2,1-3H3,(H,22,24). The number of aromatic nitrogens is 1. The fraction of sp³-hybridized carbons (Fsp3) is 0.200. The zero-order valence-electron chi connectivity index (χ0n) is 14.8. The summed E-state index contributed by atoms with van der Waals surface area (Å²) >= 11 is 7.60. The summed E-state index contributed by atoms with van der Waals surface area (Å²) in [5.41, 5.74) is 3.64. The highest BCUT2D eigenvalue weighted by atomic mass is 35.5. The lowest BCUT2D eigenvalue weighted by atomic mass is 10.1. The highest BCUT2D eigenvalue weighted by molar-refractivity contribution is 7.15. The summed E-state index contributed by atoms with van der Waals surface area (Å²) in [4.78, 5) is 18.2. The first-order chi connectivity index (χ1) is 12.5. The molecule has 0 bridgehead atoms. The van der Waals surface area contributed by atoms with Crippen molar-refractivity contribution in [2.45, 2.75) is 20.4 Å². The number of nitrogens with zero attached hydrogens (tertiary/aromatic N) is 1. The van der Waals surface area contributed by atoms with Gasteiger partial charge in [0.25, 0.3) is 5.91 Å². The SMILES string of the molecule is COc1ccc(Cl)cc1C(=O)NCc1sc(-c2ccccc2C)nc1C. The predicted molar refractivity (Wildman–Crippen MR) is 106 cm³/mol. The number of amides is 1. The lowest BCUT2D eigenvalue weighted by Crippen LogP contribution is -2.23. The number of ether oxygens (including phenoxy) is 1. The van der Waals surface area contributed by atoms with E-state index < -0.39 is 0 Å². The van der Waals surface area contributed by atoms with Crippen molar-refractivity contribution < 1.29 is 9.53 Å². The molecule has 1 aromatic heterocycles. The number of benzene rings is 2. The van der Waals surface area contributed by atoms with E-state index >= 15 is 0 Å². The topological polar surface area (TPSA) is 51.2 Å². The first-order valence-corrected chi connectivity index (χ1v) is 9.33. The lowest BCUT2D eigenvalue weighted by Gasteiger charge is -2.09. The minimum absolute atomic E-state index is 0.227. The van der Waals surface area contributed by atoms with Crippen LogP contribution in [0.3, 0.4) is 0 Å². The van der Waals surface area contributed by atoms with Gasteiger partial charge in [0.05, 0.1) is 24.9 Å². The zero-order chi connectivity index (χ0) is 18.7. The fourth-order valence-electron chi connectivity index (χ4n) is 2.63. The van der Waals surface area contributed by atoms with E-state index in [9.17, 15) is 4.79 Å². The summed E-state index contributed by atoms with van der Waals surface area (Å²) in [6.07, 6.45) is 0. The molecule has 1 amide bonds. The Morgan fingerprint density at radius 2 is 2.00 bits per heavy atom. The fourth-order valence-corrected chi connectivity index (χ4v) is 3.90. The molecule has 0 spiro atoms. The summed E-state index contributed by atoms with van der Waals surface area (Å²) in [6, 6.07) is 13.1. The minimum Gasteiger partial charge on any atom is -0.496 e. The normalized spacial score (nSPS) is 10.6. The number of hydrogen-bond donors (Lipinski definition) is 1. The summed E-state index contributed by atoms with van der Waals surface area (Å²) in [6.45, 7) is 4.43. The molecule has 4 nitrogen and oxygen atoms in total. The minimum atomic E-state index is -0.227. The third-order valence-electron chi connectivity index (χ3n) is 4.08. The van der Waals surface area contributed by atoms with Crippen molar-refractivity contribution in [2.75, 3.05) is 7.11 Å². The molecule has 0 saturated heterocycles. The monoisotopic (exact) mass is 386 g/mol. The third kappa shape index (κ3) is 3.89. The van der Waals surface area contributed by atoms with Gasteiger partial charge in [0.15, 0.2) is 0 Å². The summed E-state index contributed by atoms with van der Waals surface area (Å²) in [5, 5.41) is 4.39. The average molecular weight is 387 g/mol. The quantitative estimate of drug-likeness (QED) is 0.669. The van der Waals surface area contributed by atoms with E-state index in [1.54, 1.807) is 29.5 Å². The van der Waals surface area contributed by atoms with Gasteiger partial charge in [-0.3, -0.25) is 4.79 Å². The van der Waals surface area contributed by atoms with E-state index in [1.807, 2.05) is 19.1 Å². The van der Waals surface area contributed by atoms with Crippen molar-refractivity contribution in [3.8, 4) is 16.3 Å². The Balaban J connectivity index is 1.78. The van der Waals surface area contributed by atoms with Crippen LogP contribution in [-0.2, 0) is 6.54 Å². The Morgan fingerprint density at radius 1 is 1.23 bits per heavy atom. The van der Waals surface area contributed by atoms with Gasteiger partial charge in [-0.1, -0.05) is 35.9 Å². The first kappa shape index (κ1) is 18.4. The molecule has 1 heterocycles. The molecular formula is C20H19ClN2O2S. The van der Waals surface area contributed by atoms with Crippen LogP contribution in [0.2, 0.25) is 5.02 Å². The van der Waals surface area contributed by atoms with E-state index in [-0.39, 0.29) is 5.91 Å². The highest BCUT2D eigenvalue weighted by Gasteiger charge is 2.15.